The lowest BCUT2D eigenvalue weighted by Crippen LogP contribution is -2.30. The third-order valence-corrected chi connectivity index (χ3v) is 4.59. The summed E-state index contributed by atoms with van der Waals surface area (Å²) in [5.41, 5.74) is 1.39. The van der Waals surface area contributed by atoms with Gasteiger partial charge in [-0.2, -0.15) is 0 Å². The first kappa shape index (κ1) is 19.4. The molecule has 3 aromatic heterocycles. The van der Waals surface area contributed by atoms with Gasteiger partial charge in [-0.05, 0) is 44.2 Å². The van der Waals surface area contributed by atoms with E-state index in [0.717, 1.165) is 0 Å². The molecule has 0 radical (unpaired) electrons. The highest BCUT2D eigenvalue weighted by Gasteiger charge is 2.18. The average molecular weight is 403 g/mol. The normalized spacial score (nSPS) is 10.9. The molecule has 0 fully saturated rings. The Bertz CT molecular complexity index is 1310. The van der Waals surface area contributed by atoms with Gasteiger partial charge in [0, 0.05) is 28.5 Å². The second-order valence-electron chi connectivity index (χ2n) is 6.89. The summed E-state index contributed by atoms with van der Waals surface area (Å²) in [5, 5.41) is 3.16. The van der Waals surface area contributed by atoms with Gasteiger partial charge in [-0.25, -0.2) is 19.3 Å². The number of halogens is 1. The molecule has 1 amide bonds. The number of aryl methyl sites for hydroxylation is 2. The molecule has 3 heterocycles. The Morgan fingerprint density at radius 1 is 1.07 bits per heavy atom. The van der Waals surface area contributed by atoms with Crippen molar-refractivity contribution in [1.29, 1.82) is 0 Å². The van der Waals surface area contributed by atoms with Gasteiger partial charge in [0.2, 0.25) is 5.95 Å². The van der Waals surface area contributed by atoms with E-state index >= 15 is 0 Å². The van der Waals surface area contributed by atoms with Crippen LogP contribution in [0.25, 0.3) is 11.0 Å². The fourth-order valence-corrected chi connectivity index (χ4v) is 3.26. The van der Waals surface area contributed by atoms with Gasteiger partial charge in [0.1, 0.15) is 17.0 Å². The number of nitrogens with one attached hydrogen (secondary N) is 1. The maximum absolute atomic E-state index is 14.2. The first-order chi connectivity index (χ1) is 14.4. The maximum atomic E-state index is 14.2. The fraction of sp³-hybridized carbons (Fsp3) is 0.136. The quantitative estimate of drug-likeness (QED) is 0.565. The van der Waals surface area contributed by atoms with E-state index in [2.05, 4.69) is 20.3 Å². The minimum absolute atomic E-state index is 0.0554. The van der Waals surface area contributed by atoms with Gasteiger partial charge >= 0.3 is 0 Å². The van der Waals surface area contributed by atoms with Crippen molar-refractivity contribution in [3.8, 4) is 0 Å². The van der Waals surface area contributed by atoms with Gasteiger partial charge in [-0.1, -0.05) is 18.2 Å². The smallest absolute Gasteiger partial charge is 0.265 e. The van der Waals surface area contributed by atoms with Crippen molar-refractivity contribution in [3.05, 3.63) is 93.4 Å². The van der Waals surface area contributed by atoms with E-state index in [4.69, 9.17) is 0 Å². The van der Waals surface area contributed by atoms with Crippen LogP contribution in [0.1, 0.15) is 27.3 Å². The zero-order valence-electron chi connectivity index (χ0n) is 16.4. The first-order valence-electron chi connectivity index (χ1n) is 9.28. The van der Waals surface area contributed by atoms with Crippen LogP contribution in [0.2, 0.25) is 0 Å². The number of carbonyl (C=O) groups excluding carboxylic acids is 1. The Kier molecular flexibility index (Phi) is 5.05. The lowest BCUT2D eigenvalue weighted by atomic mass is 10.1. The zero-order valence-corrected chi connectivity index (χ0v) is 16.4. The van der Waals surface area contributed by atoms with Crippen LogP contribution in [-0.2, 0) is 6.54 Å². The van der Waals surface area contributed by atoms with Crippen LogP contribution in [-0.4, -0.2) is 25.4 Å². The predicted octanol–water partition coefficient (Wildman–Crippen LogP) is 3.24. The molecule has 1 aromatic carbocycles. The molecular formula is C22H18FN5O2. The summed E-state index contributed by atoms with van der Waals surface area (Å²) in [6.45, 7) is 3.51. The van der Waals surface area contributed by atoms with E-state index in [1.165, 1.54) is 16.7 Å². The maximum Gasteiger partial charge on any atom is 0.265 e. The lowest BCUT2D eigenvalue weighted by molar-refractivity contribution is 0.102. The summed E-state index contributed by atoms with van der Waals surface area (Å²) in [5.74, 6) is -0.964. The monoisotopic (exact) mass is 403 g/mol. The molecule has 0 aliphatic rings. The largest absolute Gasteiger partial charge is 0.290 e. The molecule has 30 heavy (non-hydrogen) atoms. The molecule has 1 N–H and O–H groups in total. The van der Waals surface area contributed by atoms with Crippen molar-refractivity contribution in [2.24, 2.45) is 0 Å². The van der Waals surface area contributed by atoms with Crippen LogP contribution in [0.15, 0.2) is 59.5 Å². The van der Waals surface area contributed by atoms with Crippen molar-refractivity contribution >= 4 is 22.9 Å². The van der Waals surface area contributed by atoms with E-state index in [1.54, 1.807) is 56.4 Å². The number of amides is 1. The van der Waals surface area contributed by atoms with Crippen LogP contribution in [0.4, 0.5) is 10.3 Å². The molecule has 0 aliphatic carbocycles. The minimum atomic E-state index is -0.641. The molecule has 0 atom stereocenters. The summed E-state index contributed by atoms with van der Waals surface area (Å²) in [7, 11) is 0. The number of nitrogens with zero attached hydrogens (tertiary/aromatic N) is 4. The Labute approximate surface area is 171 Å². The van der Waals surface area contributed by atoms with E-state index < -0.39 is 17.3 Å². The molecule has 0 bridgehead atoms. The average Bonchev–Trinajstić information content (AvgIpc) is 2.70. The number of rotatable bonds is 4. The van der Waals surface area contributed by atoms with E-state index in [-0.39, 0.29) is 18.1 Å². The summed E-state index contributed by atoms with van der Waals surface area (Å²) in [6, 6.07) is 12.9. The number of hydrogen-bond acceptors (Lipinski definition) is 5. The number of aromatic nitrogens is 4. The molecule has 7 nitrogen and oxygen atoms in total. The van der Waals surface area contributed by atoms with Crippen molar-refractivity contribution in [3.63, 3.8) is 0 Å². The van der Waals surface area contributed by atoms with Crippen LogP contribution in [0.3, 0.4) is 0 Å². The van der Waals surface area contributed by atoms with Crippen molar-refractivity contribution in [2.75, 3.05) is 5.32 Å². The minimum Gasteiger partial charge on any atom is -0.290 e. The molecule has 150 valence electrons. The molecule has 0 saturated carbocycles. The van der Waals surface area contributed by atoms with Gasteiger partial charge in [0.05, 0.1) is 6.54 Å². The third kappa shape index (κ3) is 3.80. The van der Waals surface area contributed by atoms with E-state index in [1.807, 2.05) is 0 Å². The van der Waals surface area contributed by atoms with Crippen molar-refractivity contribution < 1.29 is 9.18 Å². The van der Waals surface area contributed by atoms with E-state index in [0.29, 0.717) is 28.0 Å². The van der Waals surface area contributed by atoms with Gasteiger partial charge < -0.3 is 0 Å². The summed E-state index contributed by atoms with van der Waals surface area (Å²) < 4.78 is 15.5. The number of benzene rings is 1. The Morgan fingerprint density at radius 3 is 2.53 bits per heavy atom. The lowest BCUT2D eigenvalue weighted by Gasteiger charge is -2.13. The van der Waals surface area contributed by atoms with Gasteiger partial charge in [0.25, 0.3) is 11.5 Å². The molecule has 0 unspecified atom stereocenters. The van der Waals surface area contributed by atoms with Crippen LogP contribution in [0, 0.1) is 19.7 Å². The van der Waals surface area contributed by atoms with Crippen molar-refractivity contribution in [1.82, 2.24) is 19.5 Å². The standard InChI is InChI=1S/C22H18FN5O2/c1-13-10-14(2)26-22(25-13)27-20(29)17-11-15-7-5-9-24-19(15)28(21(17)30)12-16-6-3-4-8-18(16)23/h3-11H,12H2,1-2H3,(H,25,26,27,29). The molecule has 0 saturated heterocycles. The molecule has 8 heteroatoms. The Hall–Kier alpha value is -3.94. The highest BCUT2D eigenvalue weighted by molar-refractivity contribution is 6.04. The summed E-state index contributed by atoms with van der Waals surface area (Å²) in [4.78, 5) is 38.7. The molecular weight excluding hydrogens is 385 g/mol. The molecule has 4 rings (SSSR count). The van der Waals surface area contributed by atoms with Crippen LogP contribution >= 0.6 is 0 Å². The van der Waals surface area contributed by atoms with Crippen molar-refractivity contribution in [2.45, 2.75) is 20.4 Å². The number of hydrogen-bond donors (Lipinski definition) is 1. The summed E-state index contributed by atoms with van der Waals surface area (Å²) in [6.07, 6.45) is 1.54. The highest BCUT2D eigenvalue weighted by atomic mass is 19.1. The van der Waals surface area contributed by atoms with Crippen LogP contribution in [0.5, 0.6) is 0 Å². The second kappa shape index (κ2) is 7.82. The molecule has 0 aliphatic heterocycles. The number of fused-ring (bicyclic) bond motifs is 1. The zero-order chi connectivity index (χ0) is 21.3. The molecule has 0 spiro atoms. The van der Waals surface area contributed by atoms with Gasteiger partial charge in [0.15, 0.2) is 0 Å². The summed E-state index contributed by atoms with van der Waals surface area (Å²) >= 11 is 0. The van der Waals surface area contributed by atoms with E-state index in [9.17, 15) is 14.0 Å². The Balaban J connectivity index is 1.81. The predicted molar refractivity (Wildman–Crippen MR) is 111 cm³/mol. The number of pyridine rings is 2. The first-order valence-corrected chi connectivity index (χ1v) is 9.28. The SMILES string of the molecule is Cc1cc(C)nc(NC(=O)c2cc3cccnc3n(Cc3ccccc3F)c2=O)n1. The van der Waals surface area contributed by atoms with Gasteiger partial charge in [-0.15, -0.1) is 0 Å². The Morgan fingerprint density at radius 2 is 1.80 bits per heavy atom. The number of carbonyl (C=O) groups is 1. The topological polar surface area (TPSA) is 89.8 Å². The van der Waals surface area contributed by atoms with Gasteiger partial charge in [-0.3, -0.25) is 19.5 Å². The number of anilines is 1. The third-order valence-electron chi connectivity index (χ3n) is 4.59. The molecule has 4 aromatic rings. The second-order valence-corrected chi connectivity index (χ2v) is 6.89. The van der Waals surface area contributed by atoms with Crippen LogP contribution < -0.4 is 10.9 Å². The fourth-order valence-electron chi connectivity index (χ4n) is 3.26. The highest BCUT2D eigenvalue weighted by Crippen LogP contribution is 2.15.